The van der Waals surface area contributed by atoms with Crippen LogP contribution in [0.2, 0.25) is 0 Å². The Hall–Kier alpha value is -2.10. The fourth-order valence-electron chi connectivity index (χ4n) is 5.74. The Balaban J connectivity index is 1.36. The van der Waals surface area contributed by atoms with Gasteiger partial charge in [0, 0.05) is 22.3 Å². The van der Waals surface area contributed by atoms with E-state index >= 15 is 0 Å². The molecule has 2 saturated heterocycles. The van der Waals surface area contributed by atoms with Crippen LogP contribution in [0, 0.1) is 10.1 Å². The van der Waals surface area contributed by atoms with Gasteiger partial charge in [0.25, 0.3) is 11.4 Å². The molecule has 0 spiro atoms. The van der Waals surface area contributed by atoms with Gasteiger partial charge in [-0.2, -0.15) is 0 Å². The largest absolute Gasteiger partial charge is 0.754 e. The zero-order valence-electron chi connectivity index (χ0n) is 18.8. The molecule has 4 atom stereocenters. The lowest BCUT2D eigenvalue weighted by molar-refractivity contribution is -0.456. The Morgan fingerprint density at radius 2 is 1.47 bits per heavy atom. The van der Waals surface area contributed by atoms with Gasteiger partial charge in [-0.15, -0.1) is 0 Å². The van der Waals surface area contributed by atoms with Crippen LogP contribution < -0.4 is 0 Å². The molecular formula is C24H28N2O6. The number of nitroso groups, excluding NO2 is 1. The molecule has 0 aromatic rings. The van der Waals surface area contributed by atoms with E-state index in [1.54, 1.807) is 12.2 Å². The molecule has 8 heteroatoms. The van der Waals surface area contributed by atoms with E-state index in [0.29, 0.717) is 22.8 Å². The van der Waals surface area contributed by atoms with E-state index in [1.807, 2.05) is 39.8 Å². The van der Waals surface area contributed by atoms with Crippen LogP contribution in [0.3, 0.4) is 0 Å². The van der Waals surface area contributed by atoms with Crippen molar-refractivity contribution in [2.45, 2.75) is 89.4 Å². The van der Waals surface area contributed by atoms with Gasteiger partial charge in [0.15, 0.2) is 17.7 Å². The van der Waals surface area contributed by atoms with Crippen molar-refractivity contribution in [2.75, 3.05) is 0 Å². The molecule has 2 aliphatic carbocycles. The Bertz CT molecular complexity index is 1060. The van der Waals surface area contributed by atoms with Crippen LogP contribution in [0.4, 0.5) is 0 Å². The van der Waals surface area contributed by atoms with Crippen molar-refractivity contribution in [3.63, 3.8) is 0 Å². The molecule has 4 heterocycles. The summed E-state index contributed by atoms with van der Waals surface area (Å²) in [4.78, 5) is 13.6. The average Bonchev–Trinajstić information content (AvgIpc) is 3.21. The van der Waals surface area contributed by atoms with Gasteiger partial charge < -0.3 is 29.2 Å². The van der Waals surface area contributed by atoms with E-state index in [0.717, 1.165) is 46.7 Å². The first-order valence-corrected chi connectivity index (χ1v) is 11.4. The van der Waals surface area contributed by atoms with Crippen LogP contribution in [0.15, 0.2) is 58.2 Å². The Morgan fingerprint density at radius 3 is 2.19 bits per heavy atom. The summed E-state index contributed by atoms with van der Waals surface area (Å²) in [6.45, 7) is 7.45. The van der Waals surface area contributed by atoms with Gasteiger partial charge in [-0.25, -0.2) is 0 Å². The molecule has 170 valence electrons. The van der Waals surface area contributed by atoms with Crippen LogP contribution in [0.5, 0.6) is 0 Å². The van der Waals surface area contributed by atoms with Crippen LogP contribution >= 0.6 is 0 Å². The number of rotatable bonds is 0. The topological polar surface area (TPSA) is 83.3 Å². The van der Waals surface area contributed by atoms with Crippen LogP contribution in [0.25, 0.3) is 0 Å². The minimum Gasteiger partial charge on any atom is -0.754 e. The van der Waals surface area contributed by atoms with Crippen molar-refractivity contribution < 1.29 is 23.7 Å². The summed E-state index contributed by atoms with van der Waals surface area (Å²) in [5, 5.41) is 14.5. The highest BCUT2D eigenvalue weighted by Gasteiger charge is 2.53. The highest BCUT2D eigenvalue weighted by atomic mass is 16.8. The fraction of sp³-hybridized carbons (Fsp3) is 0.583. The lowest BCUT2D eigenvalue weighted by Gasteiger charge is -2.43. The number of hydroxylamine groups is 2. The molecule has 0 unspecified atom stereocenters. The van der Waals surface area contributed by atoms with Gasteiger partial charge >= 0.3 is 0 Å². The number of hydrogen-bond donors (Lipinski definition) is 0. The van der Waals surface area contributed by atoms with Gasteiger partial charge in [0.2, 0.25) is 0 Å². The Morgan fingerprint density at radius 1 is 0.875 bits per heavy atom. The molecule has 0 radical (unpaired) electrons. The third-order valence-electron chi connectivity index (χ3n) is 6.98. The standard InChI is InChI=1S/C24H28N2O6/c1-23(2)29-17-11-7-13-5-9-15(25(27)19(13)21(17)31-23)16-10-6-14-8-12-18-22(20(14)26(16)28)32-24(3,4)30-18/h5-6,9-10,17-18,21-22H,7-8,11-12H2,1-4H3/t17-,18-,21-,22-/m0/s1. The monoisotopic (exact) mass is 440 g/mol. The maximum atomic E-state index is 13.6. The summed E-state index contributed by atoms with van der Waals surface area (Å²) < 4.78 is 25.0. The predicted molar refractivity (Wildman–Crippen MR) is 114 cm³/mol. The van der Waals surface area contributed by atoms with Crippen LogP contribution in [-0.4, -0.2) is 45.8 Å². The molecule has 0 aromatic heterocycles. The van der Waals surface area contributed by atoms with Crippen molar-refractivity contribution >= 4 is 0 Å². The SMILES string of the molecule is CC1(C)O[C@H]2CCC3=C([C@H]2O1)N([O-])C(=C1C=CC2=C([C@H]4OC(C)(C)O[C@H]4CC2)[N+]1=O)C=C3. The van der Waals surface area contributed by atoms with Gasteiger partial charge in [-0.1, -0.05) is 6.08 Å². The summed E-state index contributed by atoms with van der Waals surface area (Å²) in [5.74, 6) is -1.49. The molecule has 4 aliphatic heterocycles. The van der Waals surface area contributed by atoms with Crippen molar-refractivity contribution in [3.8, 4) is 0 Å². The summed E-state index contributed by atoms with van der Waals surface area (Å²) in [5.41, 5.74) is 3.57. The Labute approximate surface area is 187 Å². The number of allylic oxidation sites excluding steroid dienone is 6. The fourth-order valence-corrected chi connectivity index (χ4v) is 5.74. The van der Waals surface area contributed by atoms with Crippen LogP contribution in [0.1, 0.15) is 53.4 Å². The minimum atomic E-state index is -0.744. The number of fused-ring (bicyclic) bond motifs is 4. The first-order valence-electron chi connectivity index (χ1n) is 11.4. The summed E-state index contributed by atoms with van der Waals surface area (Å²) >= 11 is 0. The van der Waals surface area contributed by atoms with E-state index in [-0.39, 0.29) is 12.2 Å². The molecule has 0 bridgehead atoms. The number of ether oxygens (including phenoxy) is 4. The second kappa shape index (κ2) is 6.71. The molecule has 0 aromatic carbocycles. The summed E-state index contributed by atoms with van der Waals surface area (Å²) in [6, 6.07) is 0. The molecule has 0 amide bonds. The highest BCUT2D eigenvalue weighted by molar-refractivity contribution is 5.47. The normalized spacial score (nSPS) is 39.3. The zero-order valence-corrected chi connectivity index (χ0v) is 18.8. The van der Waals surface area contributed by atoms with Gasteiger partial charge in [0.05, 0.1) is 17.0 Å². The van der Waals surface area contributed by atoms with Crippen molar-refractivity contribution in [1.82, 2.24) is 5.06 Å². The summed E-state index contributed by atoms with van der Waals surface area (Å²) in [6.07, 6.45) is 9.21. The lowest BCUT2D eigenvalue weighted by Crippen LogP contribution is -2.39. The molecule has 0 saturated carbocycles. The predicted octanol–water partition coefficient (Wildman–Crippen LogP) is 4.05. The second-order valence-electron chi connectivity index (χ2n) is 10.1. The van der Waals surface area contributed by atoms with Crippen molar-refractivity contribution in [3.05, 3.63) is 68.4 Å². The van der Waals surface area contributed by atoms with Gasteiger partial charge in [-0.3, -0.25) is 0 Å². The number of nitrogens with zero attached hydrogens (tertiary/aromatic N) is 2. The number of hydrogen-bond acceptors (Lipinski definition) is 7. The van der Waals surface area contributed by atoms with E-state index in [4.69, 9.17) is 18.9 Å². The molecule has 6 aliphatic rings. The van der Waals surface area contributed by atoms with E-state index in [9.17, 15) is 10.1 Å². The smallest absolute Gasteiger partial charge is 0.285 e. The van der Waals surface area contributed by atoms with E-state index in [2.05, 4.69) is 0 Å². The Kier molecular flexibility index (Phi) is 4.30. The molecule has 32 heavy (non-hydrogen) atoms. The summed E-state index contributed by atoms with van der Waals surface area (Å²) in [7, 11) is 0. The second-order valence-corrected chi connectivity index (χ2v) is 10.1. The highest BCUT2D eigenvalue weighted by Crippen LogP contribution is 2.46. The van der Waals surface area contributed by atoms with Gasteiger partial charge in [-0.05, 0) is 71.1 Å². The average molecular weight is 440 g/mol. The maximum absolute atomic E-state index is 13.6. The molecular weight excluding hydrogens is 412 g/mol. The van der Waals surface area contributed by atoms with Gasteiger partial charge in [0.1, 0.15) is 11.8 Å². The molecule has 0 N–H and O–H groups in total. The third-order valence-corrected chi connectivity index (χ3v) is 6.98. The first-order chi connectivity index (χ1) is 15.1. The minimum absolute atomic E-state index is 0.164. The first kappa shape index (κ1) is 20.5. The molecule has 2 fully saturated rings. The molecule has 8 nitrogen and oxygen atoms in total. The van der Waals surface area contributed by atoms with E-state index in [1.165, 1.54) is 0 Å². The molecule has 6 rings (SSSR count). The zero-order chi connectivity index (χ0) is 22.4. The van der Waals surface area contributed by atoms with Crippen LogP contribution in [-0.2, 0) is 18.9 Å². The maximum Gasteiger partial charge on any atom is 0.285 e. The van der Waals surface area contributed by atoms with E-state index < -0.39 is 23.8 Å². The van der Waals surface area contributed by atoms with Crippen molar-refractivity contribution in [1.29, 1.82) is 0 Å². The third kappa shape index (κ3) is 3.01. The lowest BCUT2D eigenvalue weighted by atomic mass is 9.87. The van der Waals surface area contributed by atoms with Crippen molar-refractivity contribution in [2.24, 2.45) is 0 Å². The quantitative estimate of drug-likeness (QED) is 0.526.